The fraction of sp³-hybridized carbons (Fsp3) is 0.957. The Bertz CT molecular complexity index is 1240. The van der Waals surface area contributed by atoms with Crippen LogP contribution in [-0.4, -0.2) is 0 Å². The first kappa shape index (κ1) is 101. The molecule has 0 aliphatic heterocycles. The molecule has 0 aromatic rings. The van der Waals surface area contributed by atoms with Gasteiger partial charge in [0.15, 0.2) is 0 Å². The minimum atomic E-state index is 0.803. The van der Waals surface area contributed by atoms with Crippen LogP contribution in [0.1, 0.15) is 517 Å². The summed E-state index contributed by atoms with van der Waals surface area (Å²) < 4.78 is 0. The molecule has 0 heterocycles. The smallest absolute Gasteiger partial charge is 0.0234 e. The van der Waals surface area contributed by atoms with Crippen LogP contribution in [0, 0.1) is 59.2 Å². The van der Waals surface area contributed by atoms with E-state index in [1.54, 1.807) is 0 Å². The van der Waals surface area contributed by atoms with Crippen LogP contribution in [-0.2, 0) is 0 Å². The molecule has 0 heteroatoms. The van der Waals surface area contributed by atoms with E-state index in [-0.39, 0.29) is 0 Å². The Morgan fingerprint density at radius 2 is 0.366 bits per heavy atom. The van der Waals surface area contributed by atoms with Gasteiger partial charge in [-0.15, -0.1) is 0 Å². The number of hydrogen-bond acceptors (Lipinski definition) is 0. The largest absolute Gasteiger partial charge is 0.0883 e. The zero-order valence-corrected chi connectivity index (χ0v) is 69.8. The van der Waals surface area contributed by atoms with E-state index in [4.69, 9.17) is 0 Å². The van der Waals surface area contributed by atoms with Gasteiger partial charge in [0.05, 0.1) is 0 Å². The molecular formula is C93H192. The second-order valence-electron chi connectivity index (χ2n) is 33.0. The molecule has 0 saturated heterocycles. The molecule has 0 unspecified atom stereocenters. The zero-order chi connectivity index (χ0) is 70.3. The molecule has 0 aliphatic rings. The highest BCUT2D eigenvalue weighted by Crippen LogP contribution is 2.29. The molecule has 93 heavy (non-hydrogen) atoms. The molecule has 0 saturated carbocycles. The lowest BCUT2D eigenvalue weighted by atomic mass is 9.88. The molecule has 0 aromatic carbocycles. The molecule has 0 aromatic heterocycles. The van der Waals surface area contributed by atoms with E-state index in [1.807, 2.05) is 0 Å². The maximum Gasteiger partial charge on any atom is -0.0234 e. The fourth-order valence-electron chi connectivity index (χ4n) is 13.5. The van der Waals surface area contributed by atoms with Crippen LogP contribution < -0.4 is 0 Å². The van der Waals surface area contributed by atoms with Gasteiger partial charge in [-0.3, -0.25) is 0 Å². The van der Waals surface area contributed by atoms with Crippen LogP contribution in [0.3, 0.4) is 0 Å². The molecule has 0 nitrogen and oxygen atoms in total. The van der Waals surface area contributed by atoms with Crippen LogP contribution in [0.5, 0.6) is 0 Å². The van der Waals surface area contributed by atoms with Crippen molar-refractivity contribution in [2.45, 2.75) is 517 Å². The number of rotatable bonds is 66. The summed E-state index contributed by atoms with van der Waals surface area (Å²) in [5.74, 6) is 9.18. The molecule has 0 radical (unpaired) electrons. The summed E-state index contributed by atoms with van der Waals surface area (Å²) in [4.78, 5) is 0. The van der Waals surface area contributed by atoms with Crippen molar-refractivity contribution in [3.8, 4) is 0 Å². The third kappa shape index (κ3) is 95.7. The second-order valence-corrected chi connectivity index (χ2v) is 33.0. The van der Waals surface area contributed by atoms with Gasteiger partial charge in [0, 0.05) is 0 Å². The summed E-state index contributed by atoms with van der Waals surface area (Å²) in [5.41, 5.74) is 0. The van der Waals surface area contributed by atoms with Gasteiger partial charge in [0.25, 0.3) is 0 Å². The van der Waals surface area contributed by atoms with E-state index in [2.05, 4.69) is 163 Å². The van der Waals surface area contributed by atoms with Crippen LogP contribution >= 0.6 is 0 Å². The monoisotopic (exact) mass is 1310 g/mol. The van der Waals surface area contributed by atoms with E-state index in [9.17, 15) is 0 Å². The average molecular weight is 1310 g/mol. The highest BCUT2D eigenvalue weighted by atomic mass is 14.2. The summed E-state index contributed by atoms with van der Waals surface area (Å²) in [6.07, 6.45) is 94.2. The summed E-state index contributed by atoms with van der Waals surface area (Å²) in [6.45, 7) is 46.4. The van der Waals surface area contributed by atoms with Gasteiger partial charge in [0.1, 0.15) is 0 Å². The highest BCUT2D eigenvalue weighted by molar-refractivity contribution is 4.89. The first-order chi connectivity index (χ1) is 45.0. The molecule has 0 bridgehead atoms. The van der Waals surface area contributed by atoms with E-state index >= 15 is 0 Å². The molecule has 0 aliphatic carbocycles. The van der Waals surface area contributed by atoms with E-state index < -0.39 is 0 Å². The van der Waals surface area contributed by atoms with Crippen LogP contribution in [0.25, 0.3) is 0 Å². The molecule has 0 rings (SSSR count). The lowest BCUT2D eigenvalue weighted by Gasteiger charge is -2.18. The Balaban J connectivity index is -0.000000348. The Labute approximate surface area is 597 Å². The highest BCUT2D eigenvalue weighted by Gasteiger charge is 2.13. The van der Waals surface area contributed by atoms with E-state index in [0.717, 1.165) is 59.2 Å². The van der Waals surface area contributed by atoms with Crippen molar-refractivity contribution in [3.63, 3.8) is 0 Å². The SMILES string of the molecule is CCCCCC(CCCCC)CCC(C)C.CCCCCCC(/C=C\CC(C)C)CCCCCC.CCCCCCC(C/C=C\CC(C)C)CCCCCC.CCCCCCC(CCCCCC)CCC(C)C.CCCCCCC(CCCCCC)CCCCC(C)C. The predicted octanol–water partition coefficient (Wildman–Crippen LogP) is 35.6. The Kier molecular flexibility index (Phi) is 95.2. The number of hydrogen-bond donors (Lipinski definition) is 0. The van der Waals surface area contributed by atoms with Gasteiger partial charge in [-0.2, -0.15) is 0 Å². The molecular weight excluding hydrogens is 1120 g/mol. The molecule has 0 atom stereocenters. The molecule has 564 valence electrons. The predicted molar refractivity (Wildman–Crippen MR) is 439 cm³/mol. The van der Waals surface area contributed by atoms with Gasteiger partial charge < -0.3 is 0 Å². The maximum atomic E-state index is 2.53. The minimum absolute atomic E-state index is 0.803. The number of allylic oxidation sites excluding steroid dienone is 4. The summed E-state index contributed by atoms with van der Waals surface area (Å²) in [5, 5.41) is 0. The van der Waals surface area contributed by atoms with Crippen molar-refractivity contribution in [1.82, 2.24) is 0 Å². The Morgan fingerprint density at radius 3 is 0.634 bits per heavy atom. The van der Waals surface area contributed by atoms with Crippen molar-refractivity contribution in [2.24, 2.45) is 59.2 Å². The van der Waals surface area contributed by atoms with Crippen molar-refractivity contribution < 1.29 is 0 Å². The first-order valence-electron chi connectivity index (χ1n) is 44.3. The zero-order valence-electron chi connectivity index (χ0n) is 69.8. The minimum Gasteiger partial charge on any atom is -0.0883 e. The van der Waals surface area contributed by atoms with Gasteiger partial charge in [-0.25, -0.2) is 0 Å². The van der Waals surface area contributed by atoms with E-state index in [1.165, 1.54) is 379 Å². The maximum absolute atomic E-state index is 2.53. The topological polar surface area (TPSA) is 0 Å². The summed E-state index contributed by atoms with van der Waals surface area (Å²) in [6, 6.07) is 0. The standard InChI is InChI=1S/C20H42.C20H40.C19H38.C18H38.C16H34/c2*1-5-7-9-11-16-20(17-12-10-8-6-2)18-14-13-15-19(3)4;1-5-7-9-11-15-19(16-12-10-8-6-2)17-13-14-18(3)4;1-5-7-9-11-13-18(16-15-17(3)4)14-12-10-8-6-2;1-5-7-9-11-16(12-10-8-6-2)14-13-15(3)4/h19-20H,5-18H2,1-4H3;13-14,19-20H,5-12,15-18H2,1-4H3;13,17-19H,5-12,14-16H2,1-4H3;17-18H,5-16H2,1-4H3;15-16H,5-14H2,1-4H3/b;14-13-;17-13-;;. The van der Waals surface area contributed by atoms with Crippen molar-refractivity contribution in [1.29, 1.82) is 0 Å². The van der Waals surface area contributed by atoms with E-state index in [0.29, 0.717) is 0 Å². The van der Waals surface area contributed by atoms with Crippen LogP contribution in [0.4, 0.5) is 0 Å². The first-order valence-corrected chi connectivity index (χ1v) is 44.3. The summed E-state index contributed by atoms with van der Waals surface area (Å²) >= 11 is 0. The van der Waals surface area contributed by atoms with Gasteiger partial charge in [0.2, 0.25) is 0 Å². The van der Waals surface area contributed by atoms with Crippen LogP contribution in [0.2, 0.25) is 0 Å². The molecule has 0 N–H and O–H groups in total. The van der Waals surface area contributed by atoms with Crippen molar-refractivity contribution in [3.05, 3.63) is 24.3 Å². The van der Waals surface area contributed by atoms with Crippen LogP contribution in [0.15, 0.2) is 24.3 Å². The third-order valence-electron chi connectivity index (χ3n) is 20.3. The molecule has 0 spiro atoms. The lowest BCUT2D eigenvalue weighted by molar-refractivity contribution is 0.353. The average Bonchev–Trinajstić information content (AvgIpc) is 3.74. The normalized spacial score (nSPS) is 11.8. The van der Waals surface area contributed by atoms with Gasteiger partial charge in [-0.05, 0) is 91.3 Å². The van der Waals surface area contributed by atoms with Gasteiger partial charge in [-0.1, -0.05) is 510 Å². The molecule has 0 fully saturated rings. The number of unbranched alkanes of at least 4 members (excludes halogenated alkanes) is 29. The Hall–Kier alpha value is -0.520. The second kappa shape index (κ2) is 87.6. The molecule has 0 amide bonds. The quantitative estimate of drug-likeness (QED) is 0.0421. The summed E-state index contributed by atoms with van der Waals surface area (Å²) in [7, 11) is 0. The Morgan fingerprint density at radius 1 is 0.161 bits per heavy atom. The third-order valence-corrected chi connectivity index (χ3v) is 20.3. The van der Waals surface area contributed by atoms with Gasteiger partial charge >= 0.3 is 0 Å². The van der Waals surface area contributed by atoms with Crippen molar-refractivity contribution >= 4 is 0 Å². The lowest BCUT2D eigenvalue weighted by Crippen LogP contribution is -2.03. The van der Waals surface area contributed by atoms with Crippen molar-refractivity contribution in [2.75, 3.05) is 0 Å². The fourth-order valence-corrected chi connectivity index (χ4v) is 13.5.